The molecule has 11 heteroatoms. The molecule has 41 heavy (non-hydrogen) atoms. The molecule has 0 aliphatic carbocycles. The number of aromatic nitrogens is 3. The Bertz CT molecular complexity index is 1620. The molecule has 1 fully saturated rings. The van der Waals surface area contributed by atoms with Crippen molar-refractivity contribution in [1.82, 2.24) is 29.5 Å². The SMILES string of the molecule is CC(NC1CCN(C(=O)c2ccc(Nc3nccc(Nc4ccc(F)cc4)n3)cc2)CC1)N1C=c2cnsc2=CC1. The predicted octanol–water partition coefficient (Wildman–Crippen LogP) is 3.63. The minimum absolute atomic E-state index is 0.0428. The number of piperidine rings is 1. The molecule has 2 aliphatic rings. The smallest absolute Gasteiger partial charge is 0.253 e. The molecule has 1 atom stereocenters. The van der Waals surface area contributed by atoms with Crippen molar-refractivity contribution in [2.45, 2.75) is 32.0 Å². The standard InChI is InChI=1S/C30H31FN8OS/c1-20(39-17-13-27-22(19-39)18-33-41-27)34-26-11-15-38(16-12-26)29(40)21-2-6-25(7-3-21)36-30-32-14-10-28(37-30)35-24-8-4-23(31)5-9-24/h2-10,13-14,18-20,26,34H,11-12,15-17H2,1H3,(H2,32,35,36,37). The van der Waals surface area contributed by atoms with Gasteiger partial charge in [0.05, 0.1) is 10.7 Å². The Hall–Kier alpha value is -4.35. The van der Waals surface area contributed by atoms with Crippen molar-refractivity contribution in [1.29, 1.82) is 0 Å². The number of hydrogen-bond donors (Lipinski definition) is 3. The summed E-state index contributed by atoms with van der Waals surface area (Å²) in [6, 6.07) is 15.5. The van der Waals surface area contributed by atoms with E-state index in [0.717, 1.165) is 43.9 Å². The third-order valence-corrected chi connectivity index (χ3v) is 8.15. The number of hydrogen-bond acceptors (Lipinski definition) is 9. The van der Waals surface area contributed by atoms with Crippen molar-refractivity contribution in [2.24, 2.45) is 0 Å². The molecule has 4 heterocycles. The highest BCUT2D eigenvalue weighted by Gasteiger charge is 2.25. The maximum Gasteiger partial charge on any atom is 0.253 e. The second-order valence-electron chi connectivity index (χ2n) is 10.2. The molecule has 0 bridgehead atoms. The zero-order chi connectivity index (χ0) is 28.2. The van der Waals surface area contributed by atoms with Gasteiger partial charge in [-0.3, -0.25) is 10.1 Å². The first-order valence-electron chi connectivity index (χ1n) is 13.7. The van der Waals surface area contributed by atoms with Crippen LogP contribution in [0.3, 0.4) is 0 Å². The molecular weight excluding hydrogens is 539 g/mol. The summed E-state index contributed by atoms with van der Waals surface area (Å²) >= 11 is 1.54. The summed E-state index contributed by atoms with van der Waals surface area (Å²) in [5.41, 5.74) is 2.15. The number of carbonyl (C=O) groups is 1. The average Bonchev–Trinajstić information content (AvgIpc) is 3.47. The van der Waals surface area contributed by atoms with E-state index in [9.17, 15) is 9.18 Å². The van der Waals surface area contributed by atoms with Crippen LogP contribution >= 0.6 is 11.5 Å². The first-order valence-corrected chi connectivity index (χ1v) is 14.4. The molecule has 0 saturated carbocycles. The minimum Gasteiger partial charge on any atom is -0.358 e. The van der Waals surface area contributed by atoms with Crippen molar-refractivity contribution < 1.29 is 9.18 Å². The fraction of sp³-hybridized carbons (Fsp3) is 0.267. The van der Waals surface area contributed by atoms with Crippen LogP contribution in [0.4, 0.5) is 27.5 Å². The molecule has 6 rings (SSSR count). The van der Waals surface area contributed by atoms with Crippen molar-refractivity contribution in [3.63, 3.8) is 0 Å². The van der Waals surface area contributed by atoms with Gasteiger partial charge in [-0.05, 0) is 92.0 Å². The first-order chi connectivity index (χ1) is 20.0. The van der Waals surface area contributed by atoms with Crippen LogP contribution in [0.25, 0.3) is 12.3 Å². The van der Waals surface area contributed by atoms with Gasteiger partial charge in [-0.2, -0.15) is 9.36 Å². The molecule has 0 radical (unpaired) electrons. The molecular formula is C30H31FN8OS. The van der Waals surface area contributed by atoms with E-state index in [1.165, 1.54) is 33.4 Å². The second-order valence-corrected chi connectivity index (χ2v) is 11.0. The van der Waals surface area contributed by atoms with Crippen LogP contribution in [0.5, 0.6) is 0 Å². The van der Waals surface area contributed by atoms with Crippen LogP contribution < -0.4 is 25.7 Å². The summed E-state index contributed by atoms with van der Waals surface area (Å²) < 4.78 is 18.7. The zero-order valence-corrected chi connectivity index (χ0v) is 23.4. The Labute approximate surface area is 241 Å². The van der Waals surface area contributed by atoms with E-state index in [4.69, 9.17) is 0 Å². The normalized spacial score (nSPS) is 15.9. The van der Waals surface area contributed by atoms with Crippen LogP contribution in [-0.4, -0.2) is 61.9 Å². The monoisotopic (exact) mass is 570 g/mol. The molecule has 3 N–H and O–H groups in total. The Balaban J connectivity index is 0.994. The fourth-order valence-corrected chi connectivity index (χ4v) is 5.70. The number of rotatable bonds is 8. The summed E-state index contributed by atoms with van der Waals surface area (Å²) in [4.78, 5) is 26.2. The largest absolute Gasteiger partial charge is 0.358 e. The maximum absolute atomic E-state index is 13.2. The maximum atomic E-state index is 13.2. The van der Waals surface area contributed by atoms with Gasteiger partial charge in [0.15, 0.2) is 0 Å². The van der Waals surface area contributed by atoms with E-state index in [1.54, 1.807) is 24.4 Å². The summed E-state index contributed by atoms with van der Waals surface area (Å²) in [5.74, 6) is 0.735. The number of amides is 1. The molecule has 2 aliphatic heterocycles. The molecule has 210 valence electrons. The van der Waals surface area contributed by atoms with Crippen LogP contribution in [0.1, 0.15) is 30.1 Å². The van der Waals surface area contributed by atoms with Gasteiger partial charge in [-0.25, -0.2) is 9.37 Å². The lowest BCUT2D eigenvalue weighted by Crippen LogP contribution is -2.52. The lowest BCUT2D eigenvalue weighted by Gasteiger charge is -2.37. The van der Waals surface area contributed by atoms with E-state index in [1.807, 2.05) is 35.4 Å². The number of carbonyl (C=O) groups excluding carboxylic acids is 1. The Morgan fingerprint density at radius 2 is 1.76 bits per heavy atom. The van der Waals surface area contributed by atoms with Gasteiger partial charge in [-0.15, -0.1) is 0 Å². The highest BCUT2D eigenvalue weighted by molar-refractivity contribution is 7.03. The fourth-order valence-electron chi connectivity index (χ4n) is 5.06. The van der Waals surface area contributed by atoms with Gasteiger partial charge >= 0.3 is 0 Å². The summed E-state index contributed by atoms with van der Waals surface area (Å²) in [7, 11) is 0. The number of nitrogens with one attached hydrogen (secondary N) is 3. The topological polar surface area (TPSA) is 98.3 Å². The summed E-state index contributed by atoms with van der Waals surface area (Å²) in [6.07, 6.45) is 10.00. The molecule has 1 saturated heterocycles. The highest BCUT2D eigenvalue weighted by atomic mass is 32.1. The Morgan fingerprint density at radius 1 is 1.02 bits per heavy atom. The highest BCUT2D eigenvalue weighted by Crippen LogP contribution is 2.20. The van der Waals surface area contributed by atoms with Crippen LogP contribution in [-0.2, 0) is 0 Å². The lowest BCUT2D eigenvalue weighted by molar-refractivity contribution is 0.0695. The van der Waals surface area contributed by atoms with E-state index >= 15 is 0 Å². The van der Waals surface area contributed by atoms with Crippen molar-refractivity contribution in [3.05, 3.63) is 88.1 Å². The van der Waals surface area contributed by atoms with Gasteiger partial charge < -0.3 is 20.4 Å². The predicted molar refractivity (Wildman–Crippen MR) is 160 cm³/mol. The third-order valence-electron chi connectivity index (χ3n) is 7.34. The molecule has 9 nitrogen and oxygen atoms in total. The molecule has 1 amide bonds. The second kappa shape index (κ2) is 12.0. The lowest BCUT2D eigenvalue weighted by atomic mass is 10.0. The van der Waals surface area contributed by atoms with Crippen LogP contribution in [0, 0.1) is 5.82 Å². The number of benzene rings is 2. The van der Waals surface area contributed by atoms with Crippen LogP contribution in [0.2, 0.25) is 0 Å². The van der Waals surface area contributed by atoms with Crippen molar-refractivity contribution in [2.75, 3.05) is 30.3 Å². The van der Waals surface area contributed by atoms with Gasteiger partial charge in [-0.1, -0.05) is 0 Å². The number of fused-ring (bicyclic) bond motifs is 1. The number of likely N-dealkylation sites (tertiary alicyclic amines) is 1. The quantitative estimate of drug-likeness (QED) is 0.296. The van der Waals surface area contributed by atoms with Crippen molar-refractivity contribution in [3.8, 4) is 0 Å². The van der Waals surface area contributed by atoms with E-state index in [0.29, 0.717) is 23.4 Å². The van der Waals surface area contributed by atoms with E-state index in [2.05, 4.69) is 54.4 Å². The first kappa shape index (κ1) is 26.9. The zero-order valence-electron chi connectivity index (χ0n) is 22.6. The van der Waals surface area contributed by atoms with Crippen molar-refractivity contribution >= 4 is 52.9 Å². The Kier molecular flexibility index (Phi) is 7.88. The van der Waals surface area contributed by atoms with Gasteiger partial charge in [0.2, 0.25) is 5.95 Å². The van der Waals surface area contributed by atoms with E-state index in [-0.39, 0.29) is 17.9 Å². The molecule has 0 spiro atoms. The minimum atomic E-state index is -0.295. The summed E-state index contributed by atoms with van der Waals surface area (Å²) in [5, 5.41) is 11.2. The number of nitrogens with zero attached hydrogens (tertiary/aromatic N) is 5. The number of anilines is 4. The Morgan fingerprint density at radius 3 is 2.54 bits per heavy atom. The number of halogens is 1. The summed E-state index contributed by atoms with van der Waals surface area (Å²) in [6.45, 7) is 4.50. The molecule has 4 aromatic rings. The van der Waals surface area contributed by atoms with Gasteiger partial charge in [0, 0.05) is 66.4 Å². The van der Waals surface area contributed by atoms with Gasteiger partial charge in [0.1, 0.15) is 11.6 Å². The average molecular weight is 571 g/mol. The van der Waals surface area contributed by atoms with Crippen LogP contribution in [0.15, 0.2) is 67.0 Å². The van der Waals surface area contributed by atoms with Gasteiger partial charge in [0.25, 0.3) is 5.91 Å². The third kappa shape index (κ3) is 6.53. The molecule has 1 unspecified atom stereocenters. The molecule has 2 aromatic heterocycles. The molecule has 2 aromatic carbocycles. The van der Waals surface area contributed by atoms with E-state index < -0.39 is 0 Å².